The van der Waals surface area contributed by atoms with E-state index in [-0.39, 0.29) is 0 Å². The highest BCUT2D eigenvalue weighted by Crippen LogP contribution is 2.59. The maximum atomic E-state index is 2.48. The molecule has 3 unspecified atom stereocenters. The second kappa shape index (κ2) is 2.01. The number of rotatable bonds is 0. The maximum Gasteiger partial charge on any atom is 0.0138 e. The van der Waals surface area contributed by atoms with Gasteiger partial charge >= 0.3 is 0 Å². The first-order chi connectivity index (χ1) is 5.09. The van der Waals surface area contributed by atoms with E-state index in [4.69, 9.17) is 0 Å². The van der Waals surface area contributed by atoms with Crippen molar-refractivity contribution >= 4 is 0 Å². The molecule has 0 aromatic heterocycles. The second-order valence-electron chi connectivity index (χ2n) is 4.74. The summed E-state index contributed by atoms with van der Waals surface area (Å²) in [7, 11) is 2.24. The van der Waals surface area contributed by atoms with Crippen LogP contribution in [0, 0.1) is 17.3 Å². The van der Waals surface area contributed by atoms with Crippen LogP contribution < -0.4 is 0 Å². The number of hydrogen-bond acceptors (Lipinski definition) is 1. The molecule has 2 aliphatic rings. The van der Waals surface area contributed by atoms with E-state index in [1.807, 2.05) is 0 Å². The van der Waals surface area contributed by atoms with Gasteiger partial charge in [0.25, 0.3) is 0 Å². The molecule has 2 fully saturated rings. The van der Waals surface area contributed by atoms with Gasteiger partial charge in [0.05, 0.1) is 0 Å². The molecule has 0 radical (unpaired) electrons. The third kappa shape index (κ3) is 0.658. The Hall–Kier alpha value is -0.0400. The minimum absolute atomic E-state index is 0.717. The predicted molar refractivity (Wildman–Crippen MR) is 47.5 cm³/mol. The predicted octanol–water partition coefficient (Wildman–Crippen LogP) is 1.98. The molecule has 1 saturated heterocycles. The first-order valence-corrected chi connectivity index (χ1v) is 4.79. The summed E-state index contributed by atoms with van der Waals surface area (Å²) in [6, 6.07) is 0.834. The first kappa shape index (κ1) is 7.60. The molecule has 0 N–H and O–H groups in total. The minimum atomic E-state index is 0.717. The summed E-state index contributed by atoms with van der Waals surface area (Å²) in [5.41, 5.74) is 0.717. The average Bonchev–Trinajstić information content (AvgIpc) is 1.99. The van der Waals surface area contributed by atoms with Gasteiger partial charge in [-0.05, 0) is 32.2 Å². The lowest BCUT2D eigenvalue weighted by molar-refractivity contribution is -0.187. The molecule has 3 atom stereocenters. The lowest BCUT2D eigenvalue weighted by Gasteiger charge is -2.68. The molecule has 0 aromatic carbocycles. The van der Waals surface area contributed by atoms with E-state index in [9.17, 15) is 0 Å². The Bertz CT molecular complexity index is 168. The Kier molecular flexibility index (Phi) is 1.39. The van der Waals surface area contributed by atoms with E-state index in [0.717, 1.165) is 23.3 Å². The minimum Gasteiger partial charge on any atom is -0.302 e. The van der Waals surface area contributed by atoms with Crippen molar-refractivity contribution in [2.75, 3.05) is 13.6 Å². The zero-order valence-corrected chi connectivity index (χ0v) is 8.09. The van der Waals surface area contributed by atoms with Gasteiger partial charge in [-0.1, -0.05) is 13.8 Å². The van der Waals surface area contributed by atoms with Gasteiger partial charge in [0, 0.05) is 18.0 Å². The fourth-order valence-electron chi connectivity index (χ4n) is 3.43. The molecule has 1 heterocycles. The molecule has 11 heavy (non-hydrogen) atoms. The van der Waals surface area contributed by atoms with Crippen LogP contribution in [-0.4, -0.2) is 24.5 Å². The molecule has 1 aliphatic heterocycles. The van der Waals surface area contributed by atoms with Gasteiger partial charge in [-0.15, -0.1) is 0 Å². The van der Waals surface area contributed by atoms with Gasteiger partial charge in [-0.2, -0.15) is 0 Å². The standard InChI is InChI=1S/C10H19N/c1-7-5-8(2)10(7)6-11(4)9(10)3/h7-9H,5-6H2,1-4H3. The van der Waals surface area contributed by atoms with Crippen LogP contribution in [0.3, 0.4) is 0 Å². The van der Waals surface area contributed by atoms with Crippen LogP contribution in [0.1, 0.15) is 27.2 Å². The molecule has 0 amide bonds. The molecule has 1 saturated carbocycles. The number of hydrogen-bond donors (Lipinski definition) is 0. The third-order valence-corrected chi connectivity index (χ3v) is 4.50. The van der Waals surface area contributed by atoms with Gasteiger partial charge in [-0.25, -0.2) is 0 Å². The summed E-state index contributed by atoms with van der Waals surface area (Å²) in [4.78, 5) is 2.48. The van der Waals surface area contributed by atoms with Gasteiger partial charge in [0.1, 0.15) is 0 Å². The van der Waals surface area contributed by atoms with Crippen LogP contribution >= 0.6 is 0 Å². The Morgan fingerprint density at radius 2 is 1.73 bits per heavy atom. The molecule has 1 spiro atoms. The van der Waals surface area contributed by atoms with Crippen molar-refractivity contribution < 1.29 is 0 Å². The molecule has 2 rings (SSSR count). The summed E-state index contributed by atoms with van der Waals surface area (Å²) in [5, 5.41) is 0. The van der Waals surface area contributed by atoms with Gasteiger partial charge in [0.15, 0.2) is 0 Å². The molecule has 1 nitrogen and oxygen atoms in total. The van der Waals surface area contributed by atoms with E-state index in [1.165, 1.54) is 13.0 Å². The zero-order valence-electron chi connectivity index (χ0n) is 8.09. The zero-order chi connectivity index (χ0) is 8.22. The normalized spacial score (nSPS) is 57.3. The summed E-state index contributed by atoms with van der Waals surface area (Å²) in [6.07, 6.45) is 1.46. The topological polar surface area (TPSA) is 3.24 Å². The molecule has 0 bridgehead atoms. The highest BCUT2D eigenvalue weighted by molar-refractivity contribution is 5.12. The van der Waals surface area contributed by atoms with Crippen molar-refractivity contribution in [2.24, 2.45) is 17.3 Å². The molecule has 1 heteroatoms. The average molecular weight is 153 g/mol. The van der Waals surface area contributed by atoms with Gasteiger partial charge < -0.3 is 4.90 Å². The van der Waals surface area contributed by atoms with Crippen molar-refractivity contribution in [1.29, 1.82) is 0 Å². The fourth-order valence-corrected chi connectivity index (χ4v) is 3.43. The largest absolute Gasteiger partial charge is 0.302 e. The van der Waals surface area contributed by atoms with E-state index in [1.54, 1.807) is 0 Å². The highest BCUT2D eigenvalue weighted by atomic mass is 15.2. The molecular formula is C10H19N. The van der Waals surface area contributed by atoms with E-state index in [0.29, 0.717) is 0 Å². The van der Waals surface area contributed by atoms with Crippen LogP contribution in [0.5, 0.6) is 0 Å². The van der Waals surface area contributed by atoms with Gasteiger partial charge in [-0.3, -0.25) is 0 Å². The smallest absolute Gasteiger partial charge is 0.0138 e. The summed E-state index contributed by atoms with van der Waals surface area (Å²) < 4.78 is 0. The monoisotopic (exact) mass is 153 g/mol. The van der Waals surface area contributed by atoms with Gasteiger partial charge in [0.2, 0.25) is 0 Å². The molecule has 64 valence electrons. The van der Waals surface area contributed by atoms with E-state index < -0.39 is 0 Å². The summed E-state index contributed by atoms with van der Waals surface area (Å²) >= 11 is 0. The molecule has 1 aliphatic carbocycles. The molecule has 0 aromatic rings. The second-order valence-corrected chi connectivity index (χ2v) is 4.74. The Balaban J connectivity index is 2.12. The van der Waals surface area contributed by atoms with Crippen LogP contribution in [0.15, 0.2) is 0 Å². The summed E-state index contributed by atoms with van der Waals surface area (Å²) in [5.74, 6) is 1.95. The Labute approximate surface area is 69.8 Å². The summed E-state index contributed by atoms with van der Waals surface area (Å²) in [6.45, 7) is 8.57. The van der Waals surface area contributed by atoms with Crippen molar-refractivity contribution in [1.82, 2.24) is 4.90 Å². The van der Waals surface area contributed by atoms with Crippen molar-refractivity contribution in [3.8, 4) is 0 Å². The number of nitrogens with zero attached hydrogens (tertiary/aromatic N) is 1. The highest BCUT2D eigenvalue weighted by Gasteiger charge is 2.60. The third-order valence-electron chi connectivity index (χ3n) is 4.50. The lowest BCUT2D eigenvalue weighted by atomic mass is 9.47. The van der Waals surface area contributed by atoms with E-state index in [2.05, 4.69) is 32.7 Å². The van der Waals surface area contributed by atoms with Crippen LogP contribution in [0.25, 0.3) is 0 Å². The van der Waals surface area contributed by atoms with E-state index >= 15 is 0 Å². The quantitative estimate of drug-likeness (QED) is 0.514. The first-order valence-electron chi connectivity index (χ1n) is 4.79. The maximum absolute atomic E-state index is 2.48. The lowest BCUT2D eigenvalue weighted by Crippen LogP contribution is -2.71. The molecular weight excluding hydrogens is 134 g/mol. The van der Waals surface area contributed by atoms with Crippen molar-refractivity contribution in [3.63, 3.8) is 0 Å². The van der Waals surface area contributed by atoms with Crippen LogP contribution in [0.4, 0.5) is 0 Å². The van der Waals surface area contributed by atoms with Crippen molar-refractivity contribution in [2.45, 2.75) is 33.2 Å². The van der Waals surface area contributed by atoms with Crippen molar-refractivity contribution in [3.05, 3.63) is 0 Å². The fraction of sp³-hybridized carbons (Fsp3) is 1.00. The Morgan fingerprint density at radius 1 is 1.18 bits per heavy atom. The number of likely N-dealkylation sites (tertiary alicyclic amines) is 1. The Morgan fingerprint density at radius 3 is 1.91 bits per heavy atom. The SMILES string of the molecule is CC1CC(C)C12CN(C)C2C. The van der Waals surface area contributed by atoms with Crippen LogP contribution in [-0.2, 0) is 0 Å². The van der Waals surface area contributed by atoms with Crippen LogP contribution in [0.2, 0.25) is 0 Å².